The van der Waals surface area contributed by atoms with Crippen molar-refractivity contribution in [2.24, 2.45) is 0 Å². The van der Waals surface area contributed by atoms with E-state index in [2.05, 4.69) is 104 Å². The lowest BCUT2D eigenvalue weighted by atomic mass is 9.86. The summed E-state index contributed by atoms with van der Waals surface area (Å²) in [6, 6.07) is 43.7. The van der Waals surface area contributed by atoms with E-state index in [4.69, 9.17) is 4.98 Å². The molecule has 7 aromatic carbocycles. The molecule has 47 heavy (non-hydrogen) atoms. The zero-order valence-electron chi connectivity index (χ0n) is 25.4. The average Bonchev–Trinajstić information content (AvgIpc) is 3.68. The monoisotopic (exact) mass is 642 g/mol. The first-order valence-electron chi connectivity index (χ1n) is 15.8. The number of hydrogen-bond donors (Lipinski definition) is 0. The van der Waals surface area contributed by atoms with Gasteiger partial charge in [-0.3, -0.25) is 4.57 Å². The zero-order chi connectivity index (χ0) is 31.4. The third-order valence-corrected chi connectivity index (χ3v) is 12.6. The topological polar surface area (TPSA) is 52.0 Å². The number of rotatable bonds is 3. The minimum absolute atomic E-state index is 0.313. The van der Waals surface area contributed by atoms with Crippen molar-refractivity contribution in [2.75, 3.05) is 0 Å². The van der Waals surface area contributed by atoms with Crippen molar-refractivity contribution in [3.8, 4) is 27.9 Å². The van der Waals surface area contributed by atoms with Crippen molar-refractivity contribution in [1.82, 2.24) is 9.55 Å². The maximum absolute atomic E-state index is 14.3. The van der Waals surface area contributed by atoms with E-state index in [0.29, 0.717) is 32.9 Å². The number of fused-ring (bicyclic) bond motifs is 7. The maximum Gasteiger partial charge on any atom is 0.210 e. The van der Waals surface area contributed by atoms with Gasteiger partial charge < -0.3 is 0 Å². The number of thiophene rings is 1. The Morgan fingerprint density at radius 2 is 1.19 bits per heavy atom. The Labute approximate surface area is 275 Å². The van der Waals surface area contributed by atoms with Gasteiger partial charge in [-0.05, 0) is 80.2 Å². The summed E-state index contributed by atoms with van der Waals surface area (Å²) in [6.07, 6.45) is 0.694. The van der Waals surface area contributed by atoms with Crippen molar-refractivity contribution in [1.29, 1.82) is 0 Å². The molecule has 0 saturated heterocycles. The number of imidazole rings is 1. The van der Waals surface area contributed by atoms with Crippen LogP contribution in [0.25, 0.3) is 80.7 Å². The molecule has 3 heterocycles. The molecule has 0 N–H and O–H groups in total. The molecule has 6 heteroatoms. The predicted octanol–water partition coefficient (Wildman–Crippen LogP) is 10.7. The summed E-state index contributed by atoms with van der Waals surface area (Å²) in [4.78, 5) is 5.43. The van der Waals surface area contributed by atoms with E-state index in [-0.39, 0.29) is 0 Å². The van der Waals surface area contributed by atoms with E-state index in [0.717, 1.165) is 38.5 Å². The summed E-state index contributed by atoms with van der Waals surface area (Å²) < 4.78 is 33.1. The molecule has 224 valence electrons. The Morgan fingerprint density at radius 1 is 0.596 bits per heavy atom. The lowest BCUT2D eigenvalue weighted by Crippen LogP contribution is -2.16. The largest absolute Gasteiger partial charge is 0.294 e. The van der Waals surface area contributed by atoms with Gasteiger partial charge in [0.25, 0.3) is 0 Å². The number of hydrogen-bond acceptors (Lipinski definition) is 4. The molecule has 4 nitrogen and oxygen atoms in total. The minimum atomic E-state index is -3.78. The van der Waals surface area contributed by atoms with Gasteiger partial charge in [0.05, 0.1) is 26.5 Å². The van der Waals surface area contributed by atoms with Crippen LogP contribution in [-0.4, -0.2) is 18.0 Å². The van der Waals surface area contributed by atoms with Gasteiger partial charge in [-0.15, -0.1) is 11.3 Å². The van der Waals surface area contributed by atoms with Crippen LogP contribution in [0.1, 0.15) is 12.7 Å². The molecule has 0 atom stereocenters. The number of nitrogens with zero attached hydrogens (tertiary/aromatic N) is 2. The van der Waals surface area contributed by atoms with Crippen molar-refractivity contribution < 1.29 is 8.42 Å². The quantitative estimate of drug-likeness (QED) is 0.180. The Balaban J connectivity index is 1.26. The molecular weight excluding hydrogens is 617 g/mol. The van der Waals surface area contributed by atoms with E-state index >= 15 is 0 Å². The van der Waals surface area contributed by atoms with Gasteiger partial charge in [-0.2, -0.15) is 0 Å². The van der Waals surface area contributed by atoms with Gasteiger partial charge in [0.15, 0.2) is 0 Å². The number of aromatic nitrogens is 2. The van der Waals surface area contributed by atoms with Gasteiger partial charge in [0, 0.05) is 26.6 Å². The fourth-order valence-electron chi connectivity index (χ4n) is 7.68. The van der Waals surface area contributed by atoms with Gasteiger partial charge in [-0.1, -0.05) is 97.9 Å². The maximum atomic E-state index is 14.3. The summed E-state index contributed by atoms with van der Waals surface area (Å²) in [7, 11) is -3.78. The molecule has 0 unspecified atom stereocenters. The number of para-hydroxylation sites is 1. The van der Waals surface area contributed by atoms with Crippen molar-refractivity contribution >= 4 is 73.9 Å². The molecule has 0 bridgehead atoms. The van der Waals surface area contributed by atoms with E-state index < -0.39 is 9.84 Å². The molecule has 1 aliphatic rings. The molecule has 0 aliphatic carbocycles. The third-order valence-electron chi connectivity index (χ3n) is 9.69. The number of aryl methyl sites for hydroxylation is 1. The van der Waals surface area contributed by atoms with Gasteiger partial charge >= 0.3 is 0 Å². The summed E-state index contributed by atoms with van der Waals surface area (Å²) in [6.45, 7) is 2.06. The highest BCUT2D eigenvalue weighted by atomic mass is 32.2. The fraction of sp³-hybridized carbons (Fsp3) is 0.0488. The Morgan fingerprint density at radius 3 is 1.87 bits per heavy atom. The van der Waals surface area contributed by atoms with Gasteiger partial charge in [0.2, 0.25) is 9.84 Å². The highest BCUT2D eigenvalue weighted by molar-refractivity contribution is 7.92. The first kappa shape index (κ1) is 26.9. The molecule has 2 aromatic heterocycles. The van der Waals surface area contributed by atoms with E-state index in [1.54, 1.807) is 12.1 Å². The zero-order valence-corrected chi connectivity index (χ0v) is 27.0. The number of benzene rings is 7. The Hall–Kier alpha value is -5.30. The highest BCUT2D eigenvalue weighted by Gasteiger charge is 2.33. The van der Waals surface area contributed by atoms with E-state index in [1.165, 1.54) is 31.3 Å². The van der Waals surface area contributed by atoms with Crippen LogP contribution < -0.4 is 0 Å². The van der Waals surface area contributed by atoms with Gasteiger partial charge in [0.1, 0.15) is 5.82 Å². The van der Waals surface area contributed by atoms with Crippen LogP contribution in [0.15, 0.2) is 137 Å². The average molecular weight is 643 g/mol. The van der Waals surface area contributed by atoms with E-state index in [9.17, 15) is 8.42 Å². The fourth-order valence-corrected chi connectivity index (χ4v) is 10.5. The second-order valence-electron chi connectivity index (χ2n) is 12.2. The molecule has 10 rings (SSSR count). The first-order chi connectivity index (χ1) is 23.0. The lowest BCUT2D eigenvalue weighted by molar-refractivity contribution is 0.594. The van der Waals surface area contributed by atoms with Crippen LogP contribution in [0.5, 0.6) is 0 Å². The summed E-state index contributed by atoms with van der Waals surface area (Å²) in [5.74, 6) is 0.854. The molecule has 1 aliphatic heterocycles. The Kier molecular flexibility index (Phi) is 5.49. The molecular formula is C41H26N2O2S2. The SMILES string of the molecule is CCc1nc2cccc3c2n1-c1ccc(-c2c4ccccc4c(-c4ccc5c(c4)sc4ccccc45)c4ccccc24)cc1S3(=O)=O. The highest BCUT2D eigenvalue weighted by Crippen LogP contribution is 2.47. The van der Waals surface area contributed by atoms with Crippen LogP contribution in [-0.2, 0) is 16.3 Å². The second kappa shape index (κ2) is 9.61. The van der Waals surface area contributed by atoms with Crippen molar-refractivity contribution in [3.05, 3.63) is 133 Å². The number of sulfone groups is 1. The van der Waals surface area contributed by atoms with Crippen LogP contribution >= 0.6 is 11.3 Å². The van der Waals surface area contributed by atoms with E-state index in [1.807, 2.05) is 34.1 Å². The molecule has 0 saturated carbocycles. The summed E-state index contributed by atoms with van der Waals surface area (Å²) in [5, 5.41) is 7.01. The molecule has 0 amide bonds. The van der Waals surface area contributed by atoms with Gasteiger partial charge in [-0.25, -0.2) is 13.4 Å². The van der Waals surface area contributed by atoms with Crippen LogP contribution in [0.3, 0.4) is 0 Å². The second-order valence-corrected chi connectivity index (χ2v) is 15.1. The molecule has 9 aromatic rings. The van der Waals surface area contributed by atoms with Crippen LogP contribution in [0.4, 0.5) is 0 Å². The van der Waals surface area contributed by atoms with Crippen molar-refractivity contribution in [3.63, 3.8) is 0 Å². The smallest absolute Gasteiger partial charge is 0.210 e. The minimum Gasteiger partial charge on any atom is -0.294 e. The van der Waals surface area contributed by atoms with Crippen LogP contribution in [0, 0.1) is 0 Å². The standard InChI is InChI=1S/C41H26N2O2S2/c1-2-38-42-32-15-9-17-36-41(32)43(38)33-21-19-25(23-37(33)47(36,44)45)40-30-13-5-3-11-28(30)39(29-12-4-6-14-31(29)40)24-18-20-27-26-10-7-8-16-34(26)46-35(27)22-24/h3-23H,2H2,1H3. The molecule has 0 fully saturated rings. The first-order valence-corrected chi connectivity index (χ1v) is 18.1. The summed E-state index contributed by atoms with van der Waals surface area (Å²) >= 11 is 1.83. The van der Waals surface area contributed by atoms with Crippen molar-refractivity contribution in [2.45, 2.75) is 23.1 Å². The molecule has 0 radical (unpaired) electrons. The normalized spacial score (nSPS) is 13.6. The van der Waals surface area contributed by atoms with Crippen LogP contribution in [0.2, 0.25) is 0 Å². The molecule has 0 spiro atoms. The third kappa shape index (κ3) is 3.62. The Bertz CT molecular complexity index is 2860. The summed E-state index contributed by atoms with van der Waals surface area (Å²) in [5.41, 5.74) is 6.30. The lowest BCUT2D eigenvalue weighted by Gasteiger charge is -2.23. The predicted molar refractivity (Wildman–Crippen MR) is 195 cm³/mol.